The van der Waals surface area contributed by atoms with Crippen LogP contribution in [0.5, 0.6) is 0 Å². The van der Waals surface area contributed by atoms with Crippen molar-refractivity contribution in [2.75, 3.05) is 0 Å². The highest BCUT2D eigenvalue weighted by Crippen LogP contribution is 2.12. The molecule has 5 nitrogen and oxygen atoms in total. The highest BCUT2D eigenvalue weighted by atomic mass is 16.5. The van der Waals surface area contributed by atoms with Crippen molar-refractivity contribution in [1.82, 2.24) is 0 Å². The molecule has 0 amide bonds. The summed E-state index contributed by atoms with van der Waals surface area (Å²) in [5.41, 5.74) is 0.399. The van der Waals surface area contributed by atoms with E-state index in [9.17, 15) is 9.59 Å². The molecule has 2 heterocycles. The lowest BCUT2D eigenvalue weighted by molar-refractivity contribution is -0.148. The molecule has 1 unspecified atom stereocenters. The van der Waals surface area contributed by atoms with E-state index in [0.717, 1.165) is 12.8 Å². The van der Waals surface area contributed by atoms with Gasteiger partial charge in [-0.05, 0) is 38.0 Å². The summed E-state index contributed by atoms with van der Waals surface area (Å²) in [7, 11) is 0. The number of ether oxygens (including phenoxy) is 1. The van der Waals surface area contributed by atoms with E-state index < -0.39 is 0 Å². The standard InChI is InChI=1S/C14H28O2.C8H3NO2/c1-4-6-7-8-9-10-11-12-14(15)16-13(3)5-2;9-4-6-3-5-1-2-7(6)11-8(5)10/h13H,4-12H2,1-3H3;1-3H. The third-order valence-electron chi connectivity index (χ3n) is 4.43. The summed E-state index contributed by atoms with van der Waals surface area (Å²) in [6.07, 6.45) is 10.3. The normalized spacial score (nSPS) is 11.5. The first kappa shape index (κ1) is 22.7. The van der Waals surface area contributed by atoms with Crippen LogP contribution in [0.2, 0.25) is 0 Å². The minimum Gasteiger partial charge on any atom is -0.463 e. The molecule has 0 fully saturated rings. The number of benzene rings is 1. The minimum absolute atomic E-state index is 0.0251. The molecule has 27 heavy (non-hydrogen) atoms. The highest BCUT2D eigenvalue weighted by Gasteiger charge is 2.07. The Balaban J connectivity index is 0.000000285. The zero-order valence-corrected chi connectivity index (χ0v) is 16.8. The van der Waals surface area contributed by atoms with Crippen LogP contribution < -0.4 is 5.63 Å². The minimum atomic E-state index is -0.374. The zero-order valence-electron chi connectivity index (χ0n) is 16.8. The summed E-state index contributed by atoms with van der Waals surface area (Å²) < 4.78 is 9.96. The molecule has 3 rings (SSSR count). The Morgan fingerprint density at radius 3 is 2.33 bits per heavy atom. The van der Waals surface area contributed by atoms with Crippen LogP contribution in [0.4, 0.5) is 0 Å². The van der Waals surface area contributed by atoms with E-state index in [1.54, 1.807) is 12.1 Å². The summed E-state index contributed by atoms with van der Waals surface area (Å²) in [5, 5.41) is 8.96. The van der Waals surface area contributed by atoms with E-state index in [4.69, 9.17) is 14.4 Å². The van der Waals surface area contributed by atoms with E-state index in [0.29, 0.717) is 23.0 Å². The van der Waals surface area contributed by atoms with Crippen LogP contribution in [0, 0.1) is 11.3 Å². The van der Waals surface area contributed by atoms with Gasteiger partial charge in [-0.15, -0.1) is 0 Å². The van der Waals surface area contributed by atoms with Crippen molar-refractivity contribution >= 4 is 16.9 Å². The number of fused-ring (bicyclic) bond motifs is 3. The first-order chi connectivity index (χ1) is 13.0. The monoisotopic (exact) mass is 373 g/mol. The number of carbonyl (C=O) groups excluding carboxylic acids is 1. The van der Waals surface area contributed by atoms with Gasteiger partial charge in [-0.1, -0.05) is 52.4 Å². The van der Waals surface area contributed by atoms with E-state index in [1.807, 2.05) is 19.9 Å². The zero-order chi connectivity index (χ0) is 20.1. The Labute approximate surface area is 161 Å². The molecule has 5 heteroatoms. The summed E-state index contributed by atoms with van der Waals surface area (Å²) in [6, 6.07) is 6.72. The SMILES string of the molecule is CCCCCCCCCC(=O)OC(C)CC.N#Cc1cc2ccc1oc2=O. The van der Waals surface area contributed by atoms with Crippen molar-refractivity contribution in [2.24, 2.45) is 0 Å². The first-order valence-electron chi connectivity index (χ1n) is 9.97. The van der Waals surface area contributed by atoms with Crippen LogP contribution in [-0.2, 0) is 9.53 Å². The number of hydrogen-bond donors (Lipinski definition) is 0. The van der Waals surface area contributed by atoms with Gasteiger partial charge in [0.1, 0.15) is 11.7 Å². The number of hydrogen-bond acceptors (Lipinski definition) is 5. The van der Waals surface area contributed by atoms with Crippen LogP contribution in [-0.4, -0.2) is 12.1 Å². The van der Waals surface area contributed by atoms with Crippen molar-refractivity contribution in [3.05, 3.63) is 34.2 Å². The molecule has 0 saturated heterocycles. The van der Waals surface area contributed by atoms with E-state index >= 15 is 0 Å². The second-order valence-electron chi connectivity index (χ2n) is 6.79. The Hall–Kier alpha value is -2.35. The fourth-order valence-electron chi connectivity index (χ4n) is 2.59. The van der Waals surface area contributed by atoms with Gasteiger partial charge in [-0.3, -0.25) is 4.79 Å². The number of nitriles is 1. The van der Waals surface area contributed by atoms with Gasteiger partial charge in [0.25, 0.3) is 0 Å². The Kier molecular flexibility index (Phi) is 10.9. The number of esters is 1. The molecule has 2 bridgehead atoms. The molecule has 1 aromatic carbocycles. The molecule has 3 aromatic rings. The molecule has 1 atom stereocenters. The van der Waals surface area contributed by atoms with Gasteiger partial charge in [0.2, 0.25) is 0 Å². The van der Waals surface area contributed by atoms with E-state index in [2.05, 4.69) is 6.92 Å². The van der Waals surface area contributed by atoms with Crippen LogP contribution in [0.3, 0.4) is 0 Å². The van der Waals surface area contributed by atoms with Crippen molar-refractivity contribution in [1.29, 1.82) is 5.26 Å². The number of unbranched alkanes of at least 4 members (excludes halogenated alkanes) is 6. The van der Waals surface area contributed by atoms with Gasteiger partial charge in [-0.25, -0.2) is 4.79 Å². The molecule has 0 spiro atoms. The van der Waals surface area contributed by atoms with Gasteiger partial charge in [-0.2, -0.15) is 5.26 Å². The lowest BCUT2D eigenvalue weighted by atomic mass is 10.1. The number of rotatable bonds is 10. The average Bonchev–Trinajstić information content (AvgIpc) is 2.68. The molecular formula is C22H31NO4. The Bertz CT molecular complexity index is 759. The van der Waals surface area contributed by atoms with E-state index in [1.165, 1.54) is 44.6 Å². The van der Waals surface area contributed by atoms with Gasteiger partial charge >= 0.3 is 11.6 Å². The number of carbonyl (C=O) groups is 1. The average molecular weight is 373 g/mol. The summed E-state index contributed by atoms with van der Waals surface area (Å²) in [6.45, 7) is 6.21. The summed E-state index contributed by atoms with van der Waals surface area (Å²) in [5.74, 6) is -0.0251. The molecule has 0 N–H and O–H groups in total. The lowest BCUT2D eigenvalue weighted by Crippen LogP contribution is -2.13. The first-order valence-corrected chi connectivity index (χ1v) is 9.97. The van der Waals surface area contributed by atoms with Gasteiger partial charge in [0, 0.05) is 6.42 Å². The summed E-state index contributed by atoms with van der Waals surface area (Å²) >= 11 is 0. The van der Waals surface area contributed by atoms with Crippen molar-refractivity contribution in [3.63, 3.8) is 0 Å². The Morgan fingerprint density at radius 1 is 1.15 bits per heavy atom. The van der Waals surface area contributed by atoms with Crippen molar-refractivity contribution in [3.8, 4) is 6.07 Å². The van der Waals surface area contributed by atoms with E-state index in [-0.39, 0.29) is 17.7 Å². The molecule has 148 valence electrons. The topological polar surface area (TPSA) is 80.3 Å². The van der Waals surface area contributed by atoms with Crippen LogP contribution in [0.25, 0.3) is 11.0 Å². The summed E-state index contributed by atoms with van der Waals surface area (Å²) in [4.78, 5) is 22.2. The maximum Gasteiger partial charge on any atom is 0.343 e. The fraction of sp³-hybridized carbons (Fsp3) is 0.591. The van der Waals surface area contributed by atoms with Crippen LogP contribution >= 0.6 is 0 Å². The largest absolute Gasteiger partial charge is 0.463 e. The Morgan fingerprint density at radius 2 is 1.81 bits per heavy atom. The molecular weight excluding hydrogens is 342 g/mol. The highest BCUT2D eigenvalue weighted by molar-refractivity contribution is 5.69. The molecule has 0 aliphatic heterocycles. The molecule has 0 saturated carbocycles. The predicted octanol–water partition coefficient (Wildman–Crippen LogP) is 5.57. The second kappa shape index (κ2) is 12.9. The van der Waals surface area contributed by atoms with Crippen LogP contribution in [0.1, 0.15) is 84.1 Å². The molecule has 0 radical (unpaired) electrons. The predicted molar refractivity (Wildman–Crippen MR) is 107 cm³/mol. The maximum absolute atomic E-state index is 11.3. The fourth-order valence-corrected chi connectivity index (χ4v) is 2.59. The quantitative estimate of drug-likeness (QED) is 0.401. The molecule has 2 aromatic heterocycles. The van der Waals surface area contributed by atoms with Crippen molar-refractivity contribution in [2.45, 2.75) is 84.7 Å². The second-order valence-corrected chi connectivity index (χ2v) is 6.79. The van der Waals surface area contributed by atoms with Crippen LogP contribution in [0.15, 0.2) is 27.4 Å². The van der Waals surface area contributed by atoms with Gasteiger partial charge in [0.15, 0.2) is 0 Å². The smallest absolute Gasteiger partial charge is 0.343 e. The van der Waals surface area contributed by atoms with Gasteiger partial charge in [0.05, 0.1) is 17.1 Å². The molecule has 0 aliphatic rings. The number of nitrogens with zero attached hydrogens (tertiary/aromatic N) is 1. The lowest BCUT2D eigenvalue weighted by Gasteiger charge is -2.10. The third-order valence-corrected chi connectivity index (χ3v) is 4.43. The van der Waals surface area contributed by atoms with Gasteiger partial charge < -0.3 is 9.15 Å². The maximum atomic E-state index is 11.3. The molecule has 0 aliphatic carbocycles. The van der Waals surface area contributed by atoms with Crippen molar-refractivity contribution < 1.29 is 13.9 Å². The third kappa shape index (κ3) is 8.72.